The molecule has 0 bridgehead atoms. The van der Waals surface area contributed by atoms with E-state index < -0.39 is 17.6 Å². The fourth-order valence-corrected chi connectivity index (χ4v) is 3.85. The third-order valence-electron chi connectivity index (χ3n) is 5.31. The molecule has 0 unspecified atom stereocenters. The number of fused-ring (bicyclic) bond motifs is 1. The first kappa shape index (κ1) is 23.2. The Bertz CT molecular complexity index is 1360. The van der Waals surface area contributed by atoms with Crippen molar-refractivity contribution in [3.05, 3.63) is 83.4 Å². The van der Waals surface area contributed by atoms with E-state index in [9.17, 15) is 17.9 Å². The number of hydrogen-bond acceptors (Lipinski definition) is 6. The van der Waals surface area contributed by atoms with Gasteiger partial charge in [-0.15, -0.1) is 3.89 Å². The summed E-state index contributed by atoms with van der Waals surface area (Å²) >= 11 is -0.179. The molecule has 34 heavy (non-hydrogen) atoms. The molecule has 11 heteroatoms. The lowest BCUT2D eigenvalue weighted by molar-refractivity contribution is -0.144. The average molecular weight is 483 g/mol. The maximum absolute atomic E-state index is 13.3. The molecule has 0 aliphatic carbocycles. The minimum absolute atomic E-state index is 0.0779. The zero-order chi connectivity index (χ0) is 24.2. The van der Waals surface area contributed by atoms with Crippen molar-refractivity contribution >= 4 is 46.6 Å². The number of anilines is 2. The van der Waals surface area contributed by atoms with Crippen molar-refractivity contribution in [2.24, 2.45) is 0 Å². The van der Waals surface area contributed by atoms with Crippen LogP contribution < -0.4 is 11.1 Å². The summed E-state index contributed by atoms with van der Waals surface area (Å²) in [5.74, 6) is -2.06. The first-order valence-corrected chi connectivity index (χ1v) is 10.8. The minimum Gasteiger partial charge on any atom is -0.383 e. The maximum Gasteiger partial charge on any atom is 0.314 e. The van der Waals surface area contributed by atoms with Crippen molar-refractivity contribution in [1.29, 1.82) is 0 Å². The number of nitrogens with two attached hydrogens (primary N) is 1. The first-order chi connectivity index (χ1) is 16.4. The zero-order valence-corrected chi connectivity index (χ0v) is 18.9. The van der Waals surface area contributed by atoms with Crippen LogP contribution in [0.1, 0.15) is 16.7 Å². The number of benzene rings is 2. The van der Waals surface area contributed by atoms with Gasteiger partial charge in [0.05, 0.1) is 23.5 Å². The smallest absolute Gasteiger partial charge is 0.314 e. The molecule has 0 spiro atoms. The van der Waals surface area contributed by atoms with E-state index in [1.165, 1.54) is 29.4 Å². The van der Waals surface area contributed by atoms with E-state index in [1.54, 1.807) is 12.1 Å². The molecule has 8 nitrogen and oxygen atoms in total. The summed E-state index contributed by atoms with van der Waals surface area (Å²) in [4.78, 5) is 31.5. The summed E-state index contributed by atoms with van der Waals surface area (Å²) in [5, 5.41) is 6.69. The lowest BCUT2D eigenvalue weighted by Gasteiger charge is -2.23. The van der Waals surface area contributed by atoms with Gasteiger partial charge >= 0.3 is 11.8 Å². The zero-order valence-electron chi connectivity index (χ0n) is 18.0. The molecule has 0 saturated carbocycles. The van der Waals surface area contributed by atoms with Gasteiger partial charge in [-0.05, 0) is 35.7 Å². The Morgan fingerprint density at radius 2 is 1.85 bits per heavy atom. The van der Waals surface area contributed by atoms with Gasteiger partial charge in [0, 0.05) is 13.1 Å². The summed E-state index contributed by atoms with van der Waals surface area (Å²) in [6, 6.07) is 13.2. The third-order valence-corrected chi connectivity index (χ3v) is 5.71. The van der Waals surface area contributed by atoms with Gasteiger partial charge in [0.2, 0.25) is 0 Å². The molecule has 2 amide bonds. The second-order valence-corrected chi connectivity index (χ2v) is 8.06. The van der Waals surface area contributed by atoms with Gasteiger partial charge in [-0.25, -0.2) is 9.37 Å². The fraction of sp³-hybridized carbons (Fsp3) is 0.130. The van der Waals surface area contributed by atoms with Crippen LogP contribution in [0.25, 0.3) is 10.9 Å². The molecular formula is C23H20F2N6O2S. The number of aromatic nitrogens is 3. The quantitative estimate of drug-likeness (QED) is 0.402. The molecule has 0 aliphatic rings. The number of carbonyl (C=O) groups excluding carboxylic acids is 2. The van der Waals surface area contributed by atoms with Crippen molar-refractivity contribution in [2.45, 2.75) is 20.0 Å². The topological polar surface area (TPSA) is 106 Å². The van der Waals surface area contributed by atoms with Crippen molar-refractivity contribution < 1.29 is 17.9 Å². The Hall–Kier alpha value is -3.99. The Kier molecular flexibility index (Phi) is 6.73. The molecule has 0 aliphatic heterocycles. The van der Waals surface area contributed by atoms with E-state index in [-0.39, 0.29) is 42.4 Å². The van der Waals surface area contributed by atoms with Crippen molar-refractivity contribution in [1.82, 2.24) is 19.1 Å². The molecule has 0 atom stereocenters. The van der Waals surface area contributed by atoms with Gasteiger partial charge in [-0.3, -0.25) is 9.59 Å². The number of amides is 2. The summed E-state index contributed by atoms with van der Waals surface area (Å²) < 4.78 is 27.6. The van der Waals surface area contributed by atoms with Crippen LogP contribution in [0, 0.1) is 12.7 Å². The lowest BCUT2D eigenvalue weighted by atomic mass is 10.1. The lowest BCUT2D eigenvalue weighted by Crippen LogP contribution is -2.39. The van der Waals surface area contributed by atoms with Crippen molar-refractivity contribution in [3.8, 4) is 0 Å². The monoisotopic (exact) mass is 482 g/mol. The number of nitrogens with one attached hydrogen (secondary N) is 1. The van der Waals surface area contributed by atoms with Crippen LogP contribution in [0.2, 0.25) is 0 Å². The number of nitrogens with zero attached hydrogens (tertiary/aromatic N) is 4. The predicted octanol–water partition coefficient (Wildman–Crippen LogP) is 4.01. The van der Waals surface area contributed by atoms with Crippen LogP contribution in [0.15, 0.2) is 60.9 Å². The fourth-order valence-electron chi connectivity index (χ4n) is 3.50. The van der Waals surface area contributed by atoms with Gasteiger partial charge in [-0.2, -0.15) is 9.19 Å². The number of carbonyl (C=O) groups is 2. The van der Waals surface area contributed by atoms with Crippen LogP contribution in [-0.4, -0.2) is 30.9 Å². The van der Waals surface area contributed by atoms with Crippen LogP contribution in [-0.2, 0) is 22.7 Å². The van der Waals surface area contributed by atoms with Crippen LogP contribution in [0.4, 0.5) is 19.8 Å². The Morgan fingerprint density at radius 1 is 1.12 bits per heavy atom. The average Bonchev–Trinajstić information content (AvgIpc) is 3.28. The number of halogens is 2. The van der Waals surface area contributed by atoms with Gasteiger partial charge < -0.3 is 16.0 Å². The summed E-state index contributed by atoms with van der Waals surface area (Å²) in [7, 11) is 0. The van der Waals surface area contributed by atoms with Gasteiger partial charge in [-0.1, -0.05) is 36.4 Å². The predicted molar refractivity (Wildman–Crippen MR) is 127 cm³/mol. The molecule has 2 heterocycles. The highest BCUT2D eigenvalue weighted by Gasteiger charge is 2.25. The second kappa shape index (κ2) is 9.87. The van der Waals surface area contributed by atoms with Crippen LogP contribution in [0.5, 0.6) is 0 Å². The van der Waals surface area contributed by atoms with Gasteiger partial charge in [0.1, 0.15) is 17.2 Å². The number of nitrogen functional groups attached to an aromatic ring is 1. The molecule has 3 N–H and O–H groups in total. The number of hydrogen-bond donors (Lipinski definition) is 2. The van der Waals surface area contributed by atoms with E-state index in [4.69, 9.17) is 5.73 Å². The highest BCUT2D eigenvalue weighted by atomic mass is 32.2. The molecule has 174 valence electrons. The largest absolute Gasteiger partial charge is 0.383 e. The number of aryl methyl sites for hydroxylation is 1. The summed E-state index contributed by atoms with van der Waals surface area (Å²) in [5.41, 5.74) is 8.55. The Balaban J connectivity index is 1.63. The molecule has 0 saturated heterocycles. The molecule has 0 fully saturated rings. The second-order valence-electron chi connectivity index (χ2n) is 7.57. The van der Waals surface area contributed by atoms with Crippen LogP contribution >= 0.6 is 12.3 Å². The number of pyridine rings is 1. The van der Waals surface area contributed by atoms with Crippen molar-refractivity contribution in [3.63, 3.8) is 0 Å². The summed E-state index contributed by atoms with van der Waals surface area (Å²) in [6.45, 7) is 2.14. The van der Waals surface area contributed by atoms with Gasteiger partial charge in [0.25, 0.3) is 0 Å². The van der Waals surface area contributed by atoms with E-state index in [0.29, 0.717) is 10.9 Å². The molecule has 4 aromatic rings. The SMILES string of the molecule is Cc1ccccc1CN(Cc1ccc(F)cc1)C(=O)C(=O)Nc1cnc(N)c2cnn(SF)c12. The number of rotatable bonds is 6. The van der Waals surface area contributed by atoms with E-state index >= 15 is 0 Å². The maximum atomic E-state index is 13.3. The minimum atomic E-state index is -0.944. The molecular weight excluding hydrogens is 462 g/mol. The normalized spacial score (nSPS) is 10.9. The summed E-state index contributed by atoms with van der Waals surface area (Å²) in [6.07, 6.45) is 2.56. The standard InChI is InChI=1S/C23H20F2N6O2S/c1-14-4-2-3-5-16(14)13-30(12-15-6-8-17(24)9-7-15)23(33)22(32)29-19-11-27-21(26)18-10-28-31(34-25)20(18)19/h2-11H,12-13H2,1H3,(H2,26,27)(H,29,32). The Labute approximate surface area is 198 Å². The highest BCUT2D eigenvalue weighted by molar-refractivity contribution is 7.92. The molecule has 2 aromatic carbocycles. The van der Waals surface area contributed by atoms with E-state index in [1.807, 2.05) is 31.2 Å². The van der Waals surface area contributed by atoms with Gasteiger partial charge in [0.15, 0.2) is 12.3 Å². The highest BCUT2D eigenvalue weighted by Crippen LogP contribution is 2.29. The van der Waals surface area contributed by atoms with Crippen molar-refractivity contribution in [2.75, 3.05) is 11.1 Å². The Morgan fingerprint density at radius 3 is 2.56 bits per heavy atom. The molecule has 2 aromatic heterocycles. The third kappa shape index (κ3) is 4.84. The molecule has 4 rings (SSSR count). The molecule has 0 radical (unpaired) electrons. The van der Waals surface area contributed by atoms with E-state index in [0.717, 1.165) is 15.2 Å². The van der Waals surface area contributed by atoms with E-state index in [2.05, 4.69) is 15.4 Å². The van der Waals surface area contributed by atoms with Crippen LogP contribution in [0.3, 0.4) is 0 Å². The first-order valence-electron chi connectivity index (χ1n) is 10.2.